The van der Waals surface area contributed by atoms with Gasteiger partial charge in [0, 0.05) is 32.1 Å². The van der Waals surface area contributed by atoms with Gasteiger partial charge in [0.15, 0.2) is 5.82 Å². The number of alkyl halides is 2. The molecule has 1 atom stereocenters. The fourth-order valence-electron chi connectivity index (χ4n) is 2.66. The number of aromatic nitrogens is 4. The number of hydrogen-bond acceptors (Lipinski definition) is 6. The van der Waals surface area contributed by atoms with Crippen LogP contribution >= 0.6 is 0 Å². The minimum absolute atomic E-state index is 0.00160. The molecule has 144 valence electrons. The minimum Gasteiger partial charge on any atom is -0.472 e. The zero-order valence-electron chi connectivity index (χ0n) is 14.6. The zero-order valence-corrected chi connectivity index (χ0v) is 14.6. The number of halogens is 2. The number of ether oxygens (including phenoxy) is 1. The van der Waals surface area contributed by atoms with Crippen LogP contribution in [0.4, 0.5) is 14.5 Å². The summed E-state index contributed by atoms with van der Waals surface area (Å²) in [5.41, 5.74) is 0.0617. The van der Waals surface area contributed by atoms with Gasteiger partial charge in [-0.05, 0) is 13.3 Å². The van der Waals surface area contributed by atoms with Crippen LogP contribution in [0, 0.1) is 17.0 Å². The second-order valence-electron chi connectivity index (χ2n) is 5.73. The SMILES string of the molecule is Cc1cc(-n2nc(OCCCO)c([N+](=O)[O-])c2C(CF)CCF)n(C)n1. The van der Waals surface area contributed by atoms with E-state index in [0.717, 1.165) is 0 Å². The Morgan fingerprint density at radius 3 is 2.65 bits per heavy atom. The minimum atomic E-state index is -1.06. The van der Waals surface area contributed by atoms with E-state index in [9.17, 15) is 18.9 Å². The van der Waals surface area contributed by atoms with E-state index in [1.165, 1.54) is 9.36 Å². The predicted octanol–water partition coefficient (Wildman–Crippen LogP) is 2.00. The van der Waals surface area contributed by atoms with Gasteiger partial charge in [0.2, 0.25) is 0 Å². The Bertz CT molecular complexity index is 762. The maximum atomic E-state index is 13.6. The number of nitro groups is 1. The molecule has 0 bridgehead atoms. The van der Waals surface area contributed by atoms with E-state index in [1.807, 2.05) is 0 Å². The molecule has 26 heavy (non-hydrogen) atoms. The highest BCUT2D eigenvalue weighted by Gasteiger charge is 2.35. The standard InChI is InChI=1S/C15H21F2N5O4/c1-10-8-12(20(2)18-10)21-13(11(9-17)4-5-16)14(22(24)25)15(19-21)26-7-3-6-23/h8,11,23H,3-7,9H2,1-2H3. The Hall–Kier alpha value is -2.56. The molecule has 0 spiro atoms. The Labute approximate surface area is 148 Å². The lowest BCUT2D eigenvalue weighted by Crippen LogP contribution is -2.14. The average Bonchev–Trinajstić information content (AvgIpc) is 3.12. The molecule has 1 unspecified atom stereocenters. The lowest BCUT2D eigenvalue weighted by molar-refractivity contribution is -0.386. The van der Waals surface area contributed by atoms with Crippen molar-refractivity contribution in [2.75, 3.05) is 26.6 Å². The summed E-state index contributed by atoms with van der Waals surface area (Å²) in [4.78, 5) is 10.9. The monoisotopic (exact) mass is 373 g/mol. The maximum absolute atomic E-state index is 13.6. The molecule has 11 heteroatoms. The summed E-state index contributed by atoms with van der Waals surface area (Å²) in [6.07, 6.45) is 0.0249. The topological polar surface area (TPSA) is 108 Å². The Morgan fingerprint density at radius 2 is 2.15 bits per heavy atom. The lowest BCUT2D eigenvalue weighted by Gasteiger charge is -2.13. The maximum Gasteiger partial charge on any atom is 0.354 e. The zero-order chi connectivity index (χ0) is 19.3. The number of aliphatic hydroxyl groups is 1. The summed E-state index contributed by atoms with van der Waals surface area (Å²) >= 11 is 0. The first-order valence-electron chi connectivity index (χ1n) is 8.08. The molecule has 0 aliphatic heterocycles. The second-order valence-corrected chi connectivity index (χ2v) is 5.73. The van der Waals surface area contributed by atoms with Crippen molar-refractivity contribution in [1.29, 1.82) is 0 Å². The average molecular weight is 373 g/mol. The number of aryl methyl sites for hydroxylation is 2. The number of nitrogens with zero attached hydrogens (tertiary/aromatic N) is 5. The van der Waals surface area contributed by atoms with Gasteiger partial charge in [-0.25, -0.2) is 4.68 Å². The van der Waals surface area contributed by atoms with Crippen molar-refractivity contribution in [2.24, 2.45) is 7.05 Å². The van der Waals surface area contributed by atoms with Crippen molar-refractivity contribution >= 4 is 5.69 Å². The van der Waals surface area contributed by atoms with Crippen molar-refractivity contribution in [1.82, 2.24) is 19.6 Å². The van der Waals surface area contributed by atoms with Crippen LogP contribution in [0.3, 0.4) is 0 Å². The Balaban J connectivity index is 2.65. The van der Waals surface area contributed by atoms with Crippen LogP contribution in [0.2, 0.25) is 0 Å². The molecule has 0 aromatic carbocycles. The van der Waals surface area contributed by atoms with Gasteiger partial charge in [0.1, 0.15) is 5.69 Å². The van der Waals surface area contributed by atoms with Crippen molar-refractivity contribution < 1.29 is 23.5 Å². The summed E-state index contributed by atoms with van der Waals surface area (Å²) in [5.74, 6) is -0.983. The number of rotatable bonds is 10. The highest BCUT2D eigenvalue weighted by molar-refractivity contribution is 5.51. The third-order valence-corrected chi connectivity index (χ3v) is 3.81. The largest absolute Gasteiger partial charge is 0.472 e. The Morgan fingerprint density at radius 1 is 1.42 bits per heavy atom. The highest BCUT2D eigenvalue weighted by atomic mass is 19.1. The molecule has 1 N–H and O–H groups in total. The van der Waals surface area contributed by atoms with Crippen LogP contribution in [-0.4, -0.2) is 56.2 Å². The fourth-order valence-corrected chi connectivity index (χ4v) is 2.66. The molecule has 0 fully saturated rings. The first kappa shape index (κ1) is 19.8. The summed E-state index contributed by atoms with van der Waals surface area (Å²) in [6.45, 7) is -0.238. The molecule has 2 aromatic rings. The quantitative estimate of drug-likeness (QED) is 0.388. The summed E-state index contributed by atoms with van der Waals surface area (Å²) in [6, 6.07) is 1.63. The van der Waals surface area contributed by atoms with Crippen LogP contribution in [0.1, 0.15) is 30.1 Å². The van der Waals surface area contributed by atoms with Crippen molar-refractivity contribution in [3.8, 4) is 11.7 Å². The van der Waals surface area contributed by atoms with Gasteiger partial charge in [-0.3, -0.25) is 23.6 Å². The molecular formula is C15H21F2N5O4. The molecular weight excluding hydrogens is 352 g/mol. The number of aliphatic hydroxyl groups excluding tert-OH is 1. The van der Waals surface area contributed by atoms with Gasteiger partial charge in [-0.2, -0.15) is 5.10 Å². The van der Waals surface area contributed by atoms with E-state index in [4.69, 9.17) is 9.84 Å². The van der Waals surface area contributed by atoms with Gasteiger partial charge in [-0.15, -0.1) is 5.10 Å². The molecule has 0 saturated heterocycles. The molecule has 2 heterocycles. The number of hydrogen-bond donors (Lipinski definition) is 1. The molecule has 2 aromatic heterocycles. The molecule has 9 nitrogen and oxygen atoms in total. The normalized spacial score (nSPS) is 12.3. The van der Waals surface area contributed by atoms with E-state index in [2.05, 4.69) is 10.2 Å². The van der Waals surface area contributed by atoms with Crippen LogP contribution < -0.4 is 4.74 Å². The molecule has 0 radical (unpaired) electrons. The Kier molecular flexibility index (Phi) is 6.61. The van der Waals surface area contributed by atoms with Gasteiger partial charge in [-0.1, -0.05) is 0 Å². The van der Waals surface area contributed by atoms with Crippen LogP contribution in [0.5, 0.6) is 5.88 Å². The van der Waals surface area contributed by atoms with E-state index in [0.29, 0.717) is 11.5 Å². The molecule has 2 rings (SSSR count). The third-order valence-electron chi connectivity index (χ3n) is 3.81. The van der Waals surface area contributed by atoms with E-state index in [-0.39, 0.29) is 37.6 Å². The van der Waals surface area contributed by atoms with Gasteiger partial charge in [0.05, 0.1) is 30.6 Å². The van der Waals surface area contributed by atoms with E-state index < -0.39 is 29.9 Å². The highest BCUT2D eigenvalue weighted by Crippen LogP contribution is 2.38. The first-order chi connectivity index (χ1) is 12.4. The van der Waals surface area contributed by atoms with Gasteiger partial charge < -0.3 is 9.84 Å². The summed E-state index contributed by atoms with van der Waals surface area (Å²) < 4.78 is 34.4. The van der Waals surface area contributed by atoms with Gasteiger partial charge in [0.25, 0.3) is 0 Å². The molecule has 0 aliphatic carbocycles. The van der Waals surface area contributed by atoms with Gasteiger partial charge >= 0.3 is 11.6 Å². The molecule has 0 amide bonds. The van der Waals surface area contributed by atoms with E-state index in [1.54, 1.807) is 20.0 Å². The van der Waals surface area contributed by atoms with Crippen molar-refractivity contribution in [2.45, 2.75) is 25.7 Å². The smallest absolute Gasteiger partial charge is 0.354 e. The lowest BCUT2D eigenvalue weighted by atomic mass is 10.0. The van der Waals surface area contributed by atoms with Crippen LogP contribution in [0.25, 0.3) is 5.82 Å². The molecule has 0 aliphatic rings. The molecule has 0 saturated carbocycles. The van der Waals surface area contributed by atoms with Crippen molar-refractivity contribution in [3.63, 3.8) is 0 Å². The predicted molar refractivity (Wildman–Crippen MR) is 88.2 cm³/mol. The van der Waals surface area contributed by atoms with Crippen molar-refractivity contribution in [3.05, 3.63) is 27.6 Å². The van der Waals surface area contributed by atoms with Crippen LogP contribution in [-0.2, 0) is 7.05 Å². The summed E-state index contributed by atoms with van der Waals surface area (Å²) in [5, 5.41) is 28.8. The first-order valence-corrected chi connectivity index (χ1v) is 8.08. The third kappa shape index (κ3) is 3.98. The fraction of sp³-hybridized carbons (Fsp3) is 0.600. The van der Waals surface area contributed by atoms with E-state index >= 15 is 0 Å². The second kappa shape index (κ2) is 8.70. The summed E-state index contributed by atoms with van der Waals surface area (Å²) in [7, 11) is 1.62. The van der Waals surface area contributed by atoms with Crippen LogP contribution in [0.15, 0.2) is 6.07 Å².